The Bertz CT molecular complexity index is 1330. The summed E-state index contributed by atoms with van der Waals surface area (Å²) in [6.45, 7) is 1.52. The third-order valence-electron chi connectivity index (χ3n) is 5.16. The Morgan fingerprint density at radius 3 is 2.57 bits per heavy atom. The van der Waals surface area contributed by atoms with Crippen molar-refractivity contribution in [2.75, 3.05) is 11.9 Å². The number of nitrogens with zero attached hydrogens (tertiary/aromatic N) is 1. The van der Waals surface area contributed by atoms with Crippen LogP contribution in [0.1, 0.15) is 16.7 Å². The van der Waals surface area contributed by atoms with Crippen molar-refractivity contribution in [3.05, 3.63) is 99.2 Å². The van der Waals surface area contributed by atoms with Crippen LogP contribution in [0.3, 0.4) is 0 Å². The van der Waals surface area contributed by atoms with Crippen LogP contribution in [-0.2, 0) is 16.2 Å². The molecular formula is C26H20ClFN2O4S. The predicted octanol–water partition coefficient (Wildman–Crippen LogP) is 6.04. The van der Waals surface area contributed by atoms with Crippen LogP contribution in [0.15, 0.2) is 71.6 Å². The molecule has 3 aromatic rings. The number of aryl methyl sites for hydroxylation is 1. The molecule has 9 heteroatoms. The van der Waals surface area contributed by atoms with Gasteiger partial charge in [0.15, 0.2) is 0 Å². The van der Waals surface area contributed by atoms with Crippen LogP contribution < -0.4 is 10.1 Å². The van der Waals surface area contributed by atoms with Gasteiger partial charge < -0.3 is 10.1 Å². The summed E-state index contributed by atoms with van der Waals surface area (Å²) in [5.74, 6) is -0.857. The zero-order valence-electron chi connectivity index (χ0n) is 18.6. The fourth-order valence-electron chi connectivity index (χ4n) is 3.24. The van der Waals surface area contributed by atoms with Crippen molar-refractivity contribution < 1.29 is 23.5 Å². The van der Waals surface area contributed by atoms with E-state index in [2.05, 4.69) is 5.32 Å². The molecule has 0 atom stereocenters. The van der Waals surface area contributed by atoms with Gasteiger partial charge in [0.2, 0.25) is 5.91 Å². The van der Waals surface area contributed by atoms with Crippen molar-refractivity contribution >= 4 is 52.2 Å². The highest BCUT2D eigenvalue weighted by Crippen LogP contribution is 2.32. The van der Waals surface area contributed by atoms with E-state index in [4.69, 9.17) is 16.3 Å². The smallest absolute Gasteiger partial charge is 0.294 e. The number of thioether (sulfide) groups is 1. The number of ether oxygens (including phenoxy) is 1. The van der Waals surface area contributed by atoms with Crippen LogP contribution in [0.2, 0.25) is 5.02 Å². The van der Waals surface area contributed by atoms with Gasteiger partial charge in [-0.3, -0.25) is 19.3 Å². The van der Waals surface area contributed by atoms with E-state index >= 15 is 0 Å². The van der Waals surface area contributed by atoms with E-state index in [0.717, 1.165) is 22.2 Å². The molecule has 35 heavy (non-hydrogen) atoms. The summed E-state index contributed by atoms with van der Waals surface area (Å²) in [5.41, 5.74) is 2.46. The summed E-state index contributed by atoms with van der Waals surface area (Å²) in [4.78, 5) is 38.6. The third-order valence-corrected chi connectivity index (χ3v) is 6.48. The van der Waals surface area contributed by atoms with Crippen LogP contribution in [0.5, 0.6) is 5.75 Å². The fraction of sp³-hybridized carbons (Fsp3) is 0.115. The van der Waals surface area contributed by atoms with Crippen LogP contribution in [0, 0.1) is 12.7 Å². The van der Waals surface area contributed by atoms with E-state index in [1.165, 1.54) is 6.07 Å². The summed E-state index contributed by atoms with van der Waals surface area (Å²) in [5, 5.41) is 2.62. The number of imide groups is 1. The van der Waals surface area contributed by atoms with E-state index in [0.29, 0.717) is 27.6 Å². The number of benzene rings is 3. The number of carbonyl (C=O) groups excluding carboxylic acids is 3. The first-order chi connectivity index (χ1) is 16.8. The molecule has 1 N–H and O–H groups in total. The SMILES string of the molecule is Cc1ccc(NC(=O)CN2C(=O)S/C(=C/c3ccc(OCc4ccccc4F)cc3)C2=O)cc1Cl. The van der Waals surface area contributed by atoms with Crippen LogP contribution in [-0.4, -0.2) is 28.5 Å². The van der Waals surface area contributed by atoms with Gasteiger partial charge in [-0.25, -0.2) is 4.39 Å². The molecule has 1 fully saturated rings. The molecule has 0 unspecified atom stereocenters. The van der Waals surface area contributed by atoms with E-state index in [-0.39, 0.29) is 17.3 Å². The van der Waals surface area contributed by atoms with Crippen molar-refractivity contribution in [1.29, 1.82) is 0 Å². The molecule has 0 bridgehead atoms. The van der Waals surface area contributed by atoms with Crippen molar-refractivity contribution in [3.63, 3.8) is 0 Å². The zero-order valence-corrected chi connectivity index (χ0v) is 20.2. The lowest BCUT2D eigenvalue weighted by Crippen LogP contribution is -2.36. The molecule has 178 valence electrons. The van der Waals surface area contributed by atoms with Crippen LogP contribution in [0.4, 0.5) is 14.9 Å². The molecule has 0 saturated carbocycles. The number of amides is 3. The zero-order chi connectivity index (χ0) is 24.9. The summed E-state index contributed by atoms with van der Waals surface area (Å²) < 4.78 is 19.3. The highest BCUT2D eigenvalue weighted by molar-refractivity contribution is 8.18. The summed E-state index contributed by atoms with van der Waals surface area (Å²) >= 11 is 6.84. The molecule has 0 aliphatic carbocycles. The van der Waals surface area contributed by atoms with Gasteiger partial charge in [0.1, 0.15) is 24.7 Å². The molecule has 0 aromatic heterocycles. The normalized spacial score (nSPS) is 14.5. The Morgan fingerprint density at radius 1 is 1.11 bits per heavy atom. The van der Waals surface area contributed by atoms with Crippen LogP contribution >= 0.6 is 23.4 Å². The monoisotopic (exact) mass is 510 g/mol. The van der Waals surface area contributed by atoms with E-state index in [9.17, 15) is 18.8 Å². The van der Waals surface area contributed by atoms with Crippen molar-refractivity contribution in [2.45, 2.75) is 13.5 Å². The largest absolute Gasteiger partial charge is 0.489 e. The topological polar surface area (TPSA) is 75.7 Å². The van der Waals surface area contributed by atoms with Crippen molar-refractivity contribution in [3.8, 4) is 5.75 Å². The molecule has 1 aliphatic heterocycles. The maximum absolute atomic E-state index is 13.7. The van der Waals surface area contributed by atoms with Gasteiger partial charge in [-0.15, -0.1) is 0 Å². The molecule has 0 radical (unpaired) electrons. The average molecular weight is 511 g/mol. The molecule has 1 aliphatic rings. The minimum absolute atomic E-state index is 0.0851. The summed E-state index contributed by atoms with van der Waals surface area (Å²) in [7, 11) is 0. The van der Waals surface area contributed by atoms with Gasteiger partial charge in [0.25, 0.3) is 11.1 Å². The van der Waals surface area contributed by atoms with Crippen molar-refractivity contribution in [2.24, 2.45) is 0 Å². The van der Waals surface area contributed by atoms with Crippen LogP contribution in [0.25, 0.3) is 6.08 Å². The number of rotatable bonds is 7. The van der Waals surface area contributed by atoms with E-state index in [1.54, 1.807) is 66.7 Å². The van der Waals surface area contributed by atoms with Gasteiger partial charge >= 0.3 is 0 Å². The van der Waals surface area contributed by atoms with Gasteiger partial charge in [-0.05, 0) is 66.2 Å². The molecule has 3 amide bonds. The average Bonchev–Trinajstić information content (AvgIpc) is 3.09. The molecule has 1 heterocycles. The standard InChI is InChI=1S/C26H20ClFN2O4S/c1-16-6-9-19(13-21(16)27)29-24(31)14-30-25(32)23(35-26(30)33)12-17-7-10-20(11-8-17)34-15-18-4-2-3-5-22(18)28/h2-13H,14-15H2,1H3,(H,29,31)/b23-12+. The first-order valence-electron chi connectivity index (χ1n) is 10.6. The summed E-state index contributed by atoms with van der Waals surface area (Å²) in [6, 6.07) is 18.2. The van der Waals surface area contributed by atoms with Gasteiger partial charge in [0.05, 0.1) is 4.91 Å². The first kappa shape index (κ1) is 24.5. The maximum Gasteiger partial charge on any atom is 0.294 e. The second kappa shape index (κ2) is 10.8. The third kappa shape index (κ3) is 6.09. The number of hydrogen-bond donors (Lipinski definition) is 1. The Hall–Kier alpha value is -3.62. The predicted molar refractivity (Wildman–Crippen MR) is 135 cm³/mol. The first-order valence-corrected chi connectivity index (χ1v) is 11.8. The Kier molecular flexibility index (Phi) is 7.53. The van der Waals surface area contributed by atoms with Gasteiger partial charge in [0, 0.05) is 16.3 Å². The van der Waals surface area contributed by atoms with Crippen molar-refractivity contribution in [1.82, 2.24) is 4.90 Å². The Labute approximate surface area is 210 Å². The number of hydrogen-bond acceptors (Lipinski definition) is 5. The molecule has 3 aromatic carbocycles. The highest BCUT2D eigenvalue weighted by Gasteiger charge is 2.36. The minimum atomic E-state index is -0.544. The van der Waals surface area contributed by atoms with Gasteiger partial charge in [-0.1, -0.05) is 48.0 Å². The fourth-order valence-corrected chi connectivity index (χ4v) is 4.26. The number of anilines is 1. The number of carbonyl (C=O) groups is 3. The van der Waals surface area contributed by atoms with Gasteiger partial charge in [-0.2, -0.15) is 0 Å². The molecule has 4 rings (SSSR count). The Morgan fingerprint density at radius 2 is 1.86 bits per heavy atom. The Balaban J connectivity index is 1.36. The number of nitrogens with one attached hydrogen (secondary N) is 1. The minimum Gasteiger partial charge on any atom is -0.489 e. The molecule has 6 nitrogen and oxygen atoms in total. The lowest BCUT2D eigenvalue weighted by Gasteiger charge is -2.13. The highest BCUT2D eigenvalue weighted by atomic mass is 35.5. The second-order valence-electron chi connectivity index (χ2n) is 7.73. The lowest BCUT2D eigenvalue weighted by molar-refractivity contribution is -0.127. The summed E-state index contributed by atoms with van der Waals surface area (Å²) in [6.07, 6.45) is 1.57. The lowest BCUT2D eigenvalue weighted by atomic mass is 10.2. The quantitative estimate of drug-likeness (QED) is 0.392. The molecule has 1 saturated heterocycles. The maximum atomic E-state index is 13.7. The second-order valence-corrected chi connectivity index (χ2v) is 9.13. The number of halogens is 2. The molecular weight excluding hydrogens is 491 g/mol. The van der Waals surface area contributed by atoms with E-state index in [1.807, 2.05) is 6.92 Å². The molecule has 0 spiro atoms. The van der Waals surface area contributed by atoms with E-state index < -0.39 is 23.6 Å².